The lowest BCUT2D eigenvalue weighted by Gasteiger charge is -2.31. The first-order valence-electron chi connectivity index (χ1n) is 9.73. The van der Waals surface area contributed by atoms with E-state index in [1.54, 1.807) is 24.4 Å². The number of carbonyl (C=O) groups is 1. The average Bonchev–Trinajstić information content (AvgIpc) is 2.79. The number of aromatic nitrogens is 2. The fraction of sp³-hybridized carbons (Fsp3) is 0.261. The van der Waals surface area contributed by atoms with Crippen molar-refractivity contribution in [3.05, 3.63) is 83.8 Å². The molecule has 29 heavy (non-hydrogen) atoms. The van der Waals surface area contributed by atoms with Gasteiger partial charge in [-0.2, -0.15) is 4.98 Å². The molecule has 1 aromatic heterocycles. The molecule has 1 aliphatic heterocycles. The molecule has 0 bridgehead atoms. The van der Waals surface area contributed by atoms with Gasteiger partial charge >= 0.3 is 0 Å². The largest absolute Gasteiger partial charge is 0.473 e. The lowest BCUT2D eigenvalue weighted by molar-refractivity contribution is 0.0900. The molecule has 3 aromatic rings. The van der Waals surface area contributed by atoms with E-state index < -0.39 is 0 Å². The number of anilines is 1. The summed E-state index contributed by atoms with van der Waals surface area (Å²) in [6.07, 6.45) is 3.13. The van der Waals surface area contributed by atoms with Gasteiger partial charge in [0.15, 0.2) is 5.78 Å². The van der Waals surface area contributed by atoms with E-state index in [2.05, 4.69) is 14.9 Å². The maximum atomic E-state index is 13.1. The standard InChI is InChI=1S/C23H22FN3O2/c24-20-8-6-18(7-9-20)22(28)19-11-14-27(15-12-19)23-25-13-10-21(26-23)29-16-17-4-2-1-3-5-17/h1-10,13,19H,11-12,14-16H2. The van der Waals surface area contributed by atoms with Gasteiger partial charge in [-0.3, -0.25) is 4.79 Å². The van der Waals surface area contributed by atoms with E-state index in [1.165, 1.54) is 12.1 Å². The van der Waals surface area contributed by atoms with Crippen LogP contribution in [0, 0.1) is 11.7 Å². The zero-order valence-corrected chi connectivity index (χ0v) is 16.0. The van der Waals surface area contributed by atoms with Gasteiger partial charge in [-0.05, 0) is 42.7 Å². The maximum absolute atomic E-state index is 13.1. The van der Waals surface area contributed by atoms with Gasteiger partial charge in [-0.1, -0.05) is 30.3 Å². The summed E-state index contributed by atoms with van der Waals surface area (Å²) >= 11 is 0. The van der Waals surface area contributed by atoms with Crippen LogP contribution >= 0.6 is 0 Å². The molecule has 0 N–H and O–H groups in total. The molecule has 2 aromatic carbocycles. The number of Topliss-reactive ketones (excluding diaryl/α,β-unsaturated/α-hetero) is 1. The summed E-state index contributed by atoms with van der Waals surface area (Å²) in [5.74, 6) is 0.828. The summed E-state index contributed by atoms with van der Waals surface area (Å²) in [6, 6.07) is 17.4. The number of benzene rings is 2. The van der Waals surface area contributed by atoms with Gasteiger partial charge in [0.2, 0.25) is 11.8 Å². The Morgan fingerprint density at radius 3 is 2.48 bits per heavy atom. The Bertz CT molecular complexity index is 955. The number of nitrogens with zero attached hydrogens (tertiary/aromatic N) is 3. The molecule has 0 spiro atoms. The molecule has 6 heteroatoms. The van der Waals surface area contributed by atoms with Crippen molar-refractivity contribution in [3.8, 4) is 5.88 Å². The quantitative estimate of drug-likeness (QED) is 0.587. The molecule has 0 aliphatic carbocycles. The van der Waals surface area contributed by atoms with Gasteiger partial charge in [0.1, 0.15) is 12.4 Å². The van der Waals surface area contributed by atoms with E-state index in [-0.39, 0.29) is 17.5 Å². The van der Waals surface area contributed by atoms with E-state index in [0.717, 1.165) is 5.56 Å². The van der Waals surface area contributed by atoms with E-state index in [9.17, 15) is 9.18 Å². The molecule has 1 saturated heterocycles. The highest BCUT2D eigenvalue weighted by atomic mass is 19.1. The Hall–Kier alpha value is -3.28. The number of halogens is 1. The molecule has 0 unspecified atom stereocenters. The highest BCUT2D eigenvalue weighted by Crippen LogP contribution is 2.25. The fourth-order valence-electron chi connectivity index (χ4n) is 3.49. The Balaban J connectivity index is 1.34. The van der Waals surface area contributed by atoms with Gasteiger partial charge < -0.3 is 9.64 Å². The van der Waals surface area contributed by atoms with Crippen molar-refractivity contribution in [2.45, 2.75) is 19.4 Å². The summed E-state index contributed by atoms with van der Waals surface area (Å²) in [5.41, 5.74) is 1.64. The van der Waals surface area contributed by atoms with Crippen LogP contribution in [0.1, 0.15) is 28.8 Å². The van der Waals surface area contributed by atoms with Crippen LogP contribution in [0.25, 0.3) is 0 Å². The molecule has 0 atom stereocenters. The second kappa shape index (κ2) is 8.82. The van der Waals surface area contributed by atoms with Crippen molar-refractivity contribution < 1.29 is 13.9 Å². The van der Waals surface area contributed by atoms with Crippen LogP contribution in [0.4, 0.5) is 10.3 Å². The first-order valence-corrected chi connectivity index (χ1v) is 9.73. The third-order valence-electron chi connectivity index (χ3n) is 5.12. The fourth-order valence-corrected chi connectivity index (χ4v) is 3.49. The van der Waals surface area contributed by atoms with Crippen molar-refractivity contribution in [3.63, 3.8) is 0 Å². The van der Waals surface area contributed by atoms with Crippen molar-refractivity contribution in [1.82, 2.24) is 9.97 Å². The van der Waals surface area contributed by atoms with Crippen LogP contribution in [0.5, 0.6) is 5.88 Å². The number of ether oxygens (including phenoxy) is 1. The SMILES string of the molecule is O=C(c1ccc(F)cc1)C1CCN(c2nccc(OCc3ccccc3)n2)CC1. The summed E-state index contributed by atoms with van der Waals surface area (Å²) < 4.78 is 18.9. The lowest BCUT2D eigenvalue weighted by Crippen LogP contribution is -2.37. The molecule has 5 nitrogen and oxygen atoms in total. The summed E-state index contributed by atoms with van der Waals surface area (Å²) in [5, 5.41) is 0. The molecular formula is C23H22FN3O2. The number of piperidine rings is 1. The topological polar surface area (TPSA) is 55.3 Å². The second-order valence-electron chi connectivity index (χ2n) is 7.10. The van der Waals surface area contributed by atoms with E-state index in [4.69, 9.17) is 4.74 Å². The molecule has 4 rings (SSSR count). The number of hydrogen-bond donors (Lipinski definition) is 0. The Kier molecular flexibility index (Phi) is 5.79. The molecular weight excluding hydrogens is 369 g/mol. The van der Waals surface area contributed by atoms with Crippen molar-refractivity contribution >= 4 is 11.7 Å². The monoisotopic (exact) mass is 391 g/mol. The number of ketones is 1. The molecule has 1 fully saturated rings. The molecule has 148 valence electrons. The van der Waals surface area contributed by atoms with E-state index in [0.29, 0.717) is 49.9 Å². The van der Waals surface area contributed by atoms with E-state index >= 15 is 0 Å². The van der Waals surface area contributed by atoms with Gasteiger partial charge in [-0.25, -0.2) is 9.37 Å². The molecule has 1 aliphatic rings. The zero-order chi connectivity index (χ0) is 20.1. The second-order valence-corrected chi connectivity index (χ2v) is 7.10. The van der Waals surface area contributed by atoms with Crippen molar-refractivity contribution in [1.29, 1.82) is 0 Å². The van der Waals surface area contributed by atoms with Crippen LogP contribution < -0.4 is 9.64 Å². The van der Waals surface area contributed by atoms with Gasteiger partial charge in [0, 0.05) is 36.8 Å². The smallest absolute Gasteiger partial charge is 0.228 e. The normalized spacial score (nSPS) is 14.6. The predicted octanol–water partition coefficient (Wildman–Crippen LogP) is 4.29. The predicted molar refractivity (Wildman–Crippen MR) is 108 cm³/mol. The van der Waals surface area contributed by atoms with Crippen LogP contribution in [0.3, 0.4) is 0 Å². The first kappa shape index (κ1) is 19.1. The maximum Gasteiger partial charge on any atom is 0.228 e. The third kappa shape index (κ3) is 4.77. The van der Waals surface area contributed by atoms with Crippen LogP contribution in [-0.4, -0.2) is 28.8 Å². The highest BCUT2D eigenvalue weighted by Gasteiger charge is 2.27. The molecule has 0 amide bonds. The zero-order valence-electron chi connectivity index (χ0n) is 16.0. The summed E-state index contributed by atoms with van der Waals surface area (Å²) in [6.45, 7) is 1.84. The van der Waals surface area contributed by atoms with Gasteiger partial charge in [0.05, 0.1) is 0 Å². The lowest BCUT2D eigenvalue weighted by atomic mass is 9.89. The Morgan fingerprint density at radius 1 is 1.03 bits per heavy atom. The van der Waals surface area contributed by atoms with Gasteiger partial charge in [0.25, 0.3) is 0 Å². The minimum absolute atomic E-state index is 0.0609. The van der Waals surface area contributed by atoms with Crippen molar-refractivity contribution in [2.24, 2.45) is 5.92 Å². The first-order chi connectivity index (χ1) is 14.2. The number of rotatable bonds is 6. The summed E-state index contributed by atoms with van der Waals surface area (Å²) in [7, 11) is 0. The van der Waals surface area contributed by atoms with Crippen LogP contribution in [0.15, 0.2) is 66.9 Å². The van der Waals surface area contributed by atoms with Gasteiger partial charge in [-0.15, -0.1) is 0 Å². The van der Waals surface area contributed by atoms with Crippen LogP contribution in [-0.2, 0) is 6.61 Å². The molecule has 0 radical (unpaired) electrons. The Morgan fingerprint density at radius 2 is 1.76 bits per heavy atom. The average molecular weight is 391 g/mol. The third-order valence-corrected chi connectivity index (χ3v) is 5.12. The summed E-state index contributed by atoms with van der Waals surface area (Å²) in [4.78, 5) is 23.6. The molecule has 2 heterocycles. The van der Waals surface area contributed by atoms with Crippen LogP contribution in [0.2, 0.25) is 0 Å². The highest BCUT2D eigenvalue weighted by molar-refractivity contribution is 5.97. The Labute approximate surface area is 169 Å². The van der Waals surface area contributed by atoms with E-state index in [1.807, 2.05) is 30.3 Å². The minimum Gasteiger partial charge on any atom is -0.473 e. The number of carbonyl (C=O) groups excluding carboxylic acids is 1. The molecule has 0 saturated carbocycles. The number of hydrogen-bond acceptors (Lipinski definition) is 5. The van der Waals surface area contributed by atoms with Crippen molar-refractivity contribution in [2.75, 3.05) is 18.0 Å². The minimum atomic E-state index is -0.331.